The molecule has 106 valence electrons. The number of nitrogens with zero attached hydrogens (tertiary/aromatic N) is 2. The molecule has 0 aliphatic heterocycles. The summed E-state index contributed by atoms with van der Waals surface area (Å²) in [6.45, 7) is 0. The molecule has 0 fully saturated rings. The van der Waals surface area contributed by atoms with Crippen LogP contribution in [0.2, 0.25) is 0 Å². The Morgan fingerprint density at radius 3 is 2.40 bits per heavy atom. The predicted octanol–water partition coefficient (Wildman–Crippen LogP) is 1.38. The van der Waals surface area contributed by atoms with Gasteiger partial charge in [0.05, 0.1) is 31.3 Å². The molecule has 1 atom stereocenters. The number of carboxylic acid groups (broad SMARTS) is 1. The molecule has 0 unspecified atom stereocenters. The van der Waals surface area contributed by atoms with Gasteiger partial charge in [-0.3, -0.25) is 14.9 Å². The predicted molar refractivity (Wildman–Crippen MR) is 66.6 cm³/mol. The highest BCUT2D eigenvalue weighted by molar-refractivity contribution is 5.73. The van der Waals surface area contributed by atoms with Gasteiger partial charge in [-0.05, 0) is 6.07 Å². The minimum absolute atomic E-state index is 0.0987. The number of methoxy groups -OCH3 is 2. The highest BCUT2D eigenvalue weighted by atomic mass is 16.6. The van der Waals surface area contributed by atoms with Crippen LogP contribution in [0.4, 0.5) is 5.69 Å². The van der Waals surface area contributed by atoms with E-state index in [1.54, 1.807) is 6.07 Å². The second kappa shape index (κ2) is 6.38. The third-order valence-corrected chi connectivity index (χ3v) is 2.66. The van der Waals surface area contributed by atoms with Crippen LogP contribution in [-0.4, -0.2) is 30.2 Å². The standard InChI is InChI=1S/C12H12N2O6/c1-19-10-4-7(3-8(6-13)12(15)16)9(14(17)18)5-11(10)20-2/h4-5,8H,3H2,1-2H3,(H,15,16)/t8-/m1/s1. The fourth-order valence-electron chi connectivity index (χ4n) is 1.65. The maximum absolute atomic E-state index is 11.0. The molecule has 0 aliphatic carbocycles. The van der Waals surface area contributed by atoms with Crippen molar-refractivity contribution >= 4 is 11.7 Å². The molecule has 0 bridgehead atoms. The van der Waals surface area contributed by atoms with E-state index in [1.807, 2.05) is 0 Å². The third-order valence-electron chi connectivity index (χ3n) is 2.66. The Hall–Kier alpha value is -2.82. The number of ether oxygens (including phenoxy) is 2. The van der Waals surface area contributed by atoms with Crippen LogP contribution < -0.4 is 9.47 Å². The molecule has 8 nitrogen and oxygen atoms in total. The first-order valence-corrected chi connectivity index (χ1v) is 5.46. The van der Waals surface area contributed by atoms with E-state index in [0.717, 1.165) is 6.07 Å². The Morgan fingerprint density at radius 2 is 2.00 bits per heavy atom. The first-order chi connectivity index (χ1) is 9.44. The first-order valence-electron chi connectivity index (χ1n) is 5.46. The van der Waals surface area contributed by atoms with Gasteiger partial charge in [0.15, 0.2) is 11.5 Å². The summed E-state index contributed by atoms with van der Waals surface area (Å²) in [5.74, 6) is -2.31. The van der Waals surface area contributed by atoms with Crippen molar-refractivity contribution in [2.24, 2.45) is 5.92 Å². The van der Waals surface area contributed by atoms with Crippen molar-refractivity contribution in [1.82, 2.24) is 0 Å². The highest BCUT2D eigenvalue weighted by Gasteiger charge is 2.25. The number of hydrogen-bond acceptors (Lipinski definition) is 6. The van der Waals surface area contributed by atoms with Crippen LogP contribution >= 0.6 is 0 Å². The molecule has 0 amide bonds. The fourth-order valence-corrected chi connectivity index (χ4v) is 1.65. The molecular weight excluding hydrogens is 268 g/mol. The summed E-state index contributed by atoms with van der Waals surface area (Å²) in [7, 11) is 2.68. The van der Waals surface area contributed by atoms with Gasteiger partial charge in [0.25, 0.3) is 5.69 Å². The Balaban J connectivity index is 3.33. The summed E-state index contributed by atoms with van der Waals surface area (Å²) in [5, 5.41) is 28.6. The average molecular weight is 280 g/mol. The van der Waals surface area contributed by atoms with Crippen LogP contribution in [0.3, 0.4) is 0 Å². The van der Waals surface area contributed by atoms with Crippen molar-refractivity contribution < 1.29 is 24.3 Å². The van der Waals surface area contributed by atoms with Gasteiger partial charge in [0, 0.05) is 12.0 Å². The molecule has 0 radical (unpaired) electrons. The van der Waals surface area contributed by atoms with E-state index in [-0.39, 0.29) is 29.2 Å². The van der Waals surface area contributed by atoms with Crippen LogP contribution in [0.1, 0.15) is 5.56 Å². The number of carbonyl (C=O) groups is 1. The number of nitro benzene ring substituents is 1. The van der Waals surface area contributed by atoms with E-state index in [0.29, 0.717) is 0 Å². The van der Waals surface area contributed by atoms with Crippen LogP contribution in [-0.2, 0) is 11.2 Å². The van der Waals surface area contributed by atoms with Crippen molar-refractivity contribution in [3.8, 4) is 17.6 Å². The summed E-state index contributed by atoms with van der Waals surface area (Å²) in [6.07, 6.45) is -0.289. The number of carboxylic acids is 1. The number of nitriles is 1. The van der Waals surface area contributed by atoms with Crippen molar-refractivity contribution in [3.63, 3.8) is 0 Å². The monoisotopic (exact) mass is 280 g/mol. The zero-order valence-electron chi connectivity index (χ0n) is 10.8. The van der Waals surface area contributed by atoms with Gasteiger partial charge in [-0.25, -0.2) is 0 Å². The molecule has 1 aromatic carbocycles. The third kappa shape index (κ3) is 3.14. The molecule has 0 saturated carbocycles. The second-order valence-electron chi connectivity index (χ2n) is 3.82. The van der Waals surface area contributed by atoms with Crippen LogP contribution in [0.5, 0.6) is 11.5 Å². The summed E-state index contributed by atoms with van der Waals surface area (Å²) >= 11 is 0. The average Bonchev–Trinajstić information content (AvgIpc) is 2.43. The molecule has 20 heavy (non-hydrogen) atoms. The maximum atomic E-state index is 11.0. The van der Waals surface area contributed by atoms with E-state index in [1.165, 1.54) is 20.3 Å². The lowest BCUT2D eigenvalue weighted by Gasteiger charge is -2.11. The number of benzene rings is 1. The largest absolute Gasteiger partial charge is 0.493 e. The highest BCUT2D eigenvalue weighted by Crippen LogP contribution is 2.35. The molecule has 1 aromatic rings. The Labute approximate surface area is 114 Å². The lowest BCUT2D eigenvalue weighted by molar-refractivity contribution is -0.385. The van der Waals surface area contributed by atoms with Gasteiger partial charge in [-0.15, -0.1) is 0 Å². The summed E-state index contributed by atoms with van der Waals surface area (Å²) in [5.41, 5.74) is -0.217. The van der Waals surface area contributed by atoms with Crippen LogP contribution in [0.15, 0.2) is 12.1 Å². The number of aliphatic carboxylic acids is 1. The SMILES string of the molecule is COc1cc(C[C@H](C#N)C(=O)O)c([N+](=O)[O-])cc1OC. The smallest absolute Gasteiger partial charge is 0.321 e. The number of rotatable bonds is 6. The van der Waals surface area contributed by atoms with E-state index >= 15 is 0 Å². The minimum Gasteiger partial charge on any atom is -0.493 e. The van der Waals surface area contributed by atoms with Crippen molar-refractivity contribution in [1.29, 1.82) is 5.26 Å². The Kier molecular flexibility index (Phi) is 4.86. The number of hydrogen-bond donors (Lipinski definition) is 1. The van der Waals surface area contributed by atoms with Gasteiger partial charge in [0.1, 0.15) is 5.92 Å². The minimum atomic E-state index is -1.37. The Morgan fingerprint density at radius 1 is 1.45 bits per heavy atom. The fraction of sp³-hybridized carbons (Fsp3) is 0.333. The summed E-state index contributed by atoms with van der Waals surface area (Å²) in [6, 6.07) is 4.04. The molecule has 0 saturated heterocycles. The lowest BCUT2D eigenvalue weighted by atomic mass is 9.99. The van der Waals surface area contributed by atoms with Gasteiger partial charge in [0.2, 0.25) is 0 Å². The second-order valence-corrected chi connectivity index (χ2v) is 3.82. The number of nitro groups is 1. The van der Waals surface area contributed by atoms with Gasteiger partial charge in [-0.2, -0.15) is 5.26 Å². The first kappa shape index (κ1) is 15.2. The molecule has 1 N–H and O–H groups in total. The van der Waals surface area contributed by atoms with Gasteiger partial charge in [-0.1, -0.05) is 0 Å². The summed E-state index contributed by atoms with van der Waals surface area (Å²) < 4.78 is 9.96. The molecule has 0 aromatic heterocycles. The molecule has 1 rings (SSSR count). The molecule has 0 spiro atoms. The Bertz CT molecular complexity index is 578. The van der Waals surface area contributed by atoms with E-state index in [9.17, 15) is 14.9 Å². The van der Waals surface area contributed by atoms with E-state index in [4.69, 9.17) is 19.8 Å². The maximum Gasteiger partial charge on any atom is 0.321 e. The van der Waals surface area contributed by atoms with Crippen molar-refractivity contribution in [2.75, 3.05) is 14.2 Å². The molecule has 0 aliphatic rings. The normalized spacial score (nSPS) is 11.2. The summed E-state index contributed by atoms with van der Waals surface area (Å²) in [4.78, 5) is 21.2. The lowest BCUT2D eigenvalue weighted by Crippen LogP contribution is -2.15. The zero-order chi connectivity index (χ0) is 15.3. The molecule has 0 heterocycles. The van der Waals surface area contributed by atoms with E-state index in [2.05, 4.69) is 0 Å². The van der Waals surface area contributed by atoms with Gasteiger partial charge >= 0.3 is 5.97 Å². The van der Waals surface area contributed by atoms with Gasteiger partial charge < -0.3 is 14.6 Å². The quantitative estimate of drug-likeness (QED) is 0.616. The van der Waals surface area contributed by atoms with Crippen molar-refractivity contribution in [3.05, 3.63) is 27.8 Å². The zero-order valence-corrected chi connectivity index (χ0v) is 10.8. The van der Waals surface area contributed by atoms with Crippen LogP contribution in [0, 0.1) is 27.4 Å². The topological polar surface area (TPSA) is 123 Å². The molecule has 8 heteroatoms. The van der Waals surface area contributed by atoms with Crippen molar-refractivity contribution in [2.45, 2.75) is 6.42 Å². The van der Waals surface area contributed by atoms with Crippen LogP contribution in [0.25, 0.3) is 0 Å². The molecular formula is C12H12N2O6. The van der Waals surface area contributed by atoms with E-state index < -0.39 is 16.8 Å².